The van der Waals surface area contributed by atoms with Gasteiger partial charge in [-0.2, -0.15) is 0 Å². The summed E-state index contributed by atoms with van der Waals surface area (Å²) in [6, 6.07) is 0. The van der Waals surface area contributed by atoms with Gasteiger partial charge in [-0.1, -0.05) is 12.2 Å². The first-order chi connectivity index (χ1) is 10.2. The number of rotatable bonds is 2. The van der Waals surface area contributed by atoms with Crippen LogP contribution in [0.3, 0.4) is 0 Å². The second-order valence-corrected chi connectivity index (χ2v) is 7.70. The number of thiophene rings is 1. The second kappa shape index (κ2) is 4.93. The first-order valence-corrected chi connectivity index (χ1v) is 8.05. The van der Waals surface area contributed by atoms with E-state index in [1.165, 1.54) is 23.0 Å². The second-order valence-electron chi connectivity index (χ2n) is 6.60. The molecule has 0 fully saturated rings. The highest BCUT2D eigenvalue weighted by atomic mass is 32.1. The number of allylic oxidation sites excluding steroid dienone is 1. The molecule has 0 amide bonds. The summed E-state index contributed by atoms with van der Waals surface area (Å²) in [5.41, 5.74) is 1.82. The van der Waals surface area contributed by atoms with Crippen LogP contribution in [0, 0.1) is 0 Å². The molecule has 5 nitrogen and oxygen atoms in total. The maximum atomic E-state index is 12.5. The molecule has 0 aliphatic carbocycles. The lowest BCUT2D eigenvalue weighted by atomic mass is 9.98. The molecule has 0 aromatic carbocycles. The molecule has 2 aromatic rings. The van der Waals surface area contributed by atoms with Gasteiger partial charge in [0.15, 0.2) is 0 Å². The van der Waals surface area contributed by atoms with Crippen LogP contribution in [0.5, 0.6) is 0 Å². The molecule has 1 aliphatic heterocycles. The SMILES string of the molecule is C=C(C)Cn1c(=O)n(C)c(=O)c2sc3c(c21)COC(C)(C)C3. The summed E-state index contributed by atoms with van der Waals surface area (Å²) in [6.07, 6.45) is 0.756. The van der Waals surface area contributed by atoms with Crippen molar-refractivity contribution >= 4 is 21.6 Å². The summed E-state index contributed by atoms with van der Waals surface area (Å²) in [7, 11) is 1.53. The fourth-order valence-corrected chi connectivity index (χ4v) is 4.36. The minimum absolute atomic E-state index is 0.227. The molecule has 3 rings (SSSR count). The molecule has 2 aromatic heterocycles. The van der Waals surface area contributed by atoms with E-state index in [1.807, 2.05) is 20.8 Å². The van der Waals surface area contributed by atoms with Gasteiger partial charge in [-0.3, -0.25) is 13.9 Å². The first kappa shape index (κ1) is 15.2. The molecule has 6 heteroatoms. The van der Waals surface area contributed by atoms with Crippen LogP contribution in [-0.4, -0.2) is 14.7 Å². The van der Waals surface area contributed by atoms with E-state index >= 15 is 0 Å². The van der Waals surface area contributed by atoms with E-state index in [9.17, 15) is 9.59 Å². The van der Waals surface area contributed by atoms with Crippen LogP contribution >= 0.6 is 11.3 Å². The zero-order valence-electron chi connectivity index (χ0n) is 13.4. The summed E-state index contributed by atoms with van der Waals surface area (Å²) in [5, 5.41) is 0. The minimum Gasteiger partial charge on any atom is -0.370 e. The van der Waals surface area contributed by atoms with E-state index < -0.39 is 0 Å². The van der Waals surface area contributed by atoms with Crippen molar-refractivity contribution in [2.45, 2.75) is 45.9 Å². The van der Waals surface area contributed by atoms with E-state index in [4.69, 9.17) is 4.74 Å². The summed E-state index contributed by atoms with van der Waals surface area (Å²) in [4.78, 5) is 26.1. The molecule has 1 aliphatic rings. The zero-order chi connectivity index (χ0) is 16.2. The molecule has 0 saturated carbocycles. The molecular weight excluding hydrogens is 300 g/mol. The van der Waals surface area contributed by atoms with Crippen LogP contribution < -0.4 is 11.2 Å². The van der Waals surface area contributed by atoms with Gasteiger partial charge in [-0.15, -0.1) is 11.3 Å². The van der Waals surface area contributed by atoms with Gasteiger partial charge in [0.25, 0.3) is 5.56 Å². The monoisotopic (exact) mass is 320 g/mol. The number of fused-ring (bicyclic) bond motifs is 3. The van der Waals surface area contributed by atoms with E-state index in [-0.39, 0.29) is 16.9 Å². The lowest BCUT2D eigenvalue weighted by Gasteiger charge is -2.30. The summed E-state index contributed by atoms with van der Waals surface area (Å²) < 4.78 is 9.35. The fraction of sp³-hybridized carbons (Fsp3) is 0.500. The number of hydrogen-bond acceptors (Lipinski definition) is 4. The van der Waals surface area contributed by atoms with Crippen LogP contribution in [0.25, 0.3) is 10.2 Å². The van der Waals surface area contributed by atoms with Crippen LogP contribution in [0.4, 0.5) is 0 Å². The van der Waals surface area contributed by atoms with E-state index in [2.05, 4.69) is 6.58 Å². The number of nitrogens with zero attached hydrogens (tertiary/aromatic N) is 2. The Bertz CT molecular complexity index is 899. The van der Waals surface area contributed by atoms with Crippen molar-refractivity contribution in [2.75, 3.05) is 0 Å². The summed E-state index contributed by atoms with van der Waals surface area (Å²) in [6.45, 7) is 10.7. The van der Waals surface area contributed by atoms with Gasteiger partial charge in [-0.05, 0) is 20.8 Å². The molecule has 3 heterocycles. The van der Waals surface area contributed by atoms with Crippen molar-refractivity contribution in [2.24, 2.45) is 7.05 Å². The third-order valence-corrected chi connectivity index (χ3v) is 5.18. The van der Waals surface area contributed by atoms with Gasteiger partial charge < -0.3 is 4.74 Å². The van der Waals surface area contributed by atoms with Crippen LogP contribution in [0.15, 0.2) is 21.7 Å². The smallest absolute Gasteiger partial charge is 0.331 e. The Kier molecular flexibility index (Phi) is 3.41. The van der Waals surface area contributed by atoms with Crippen LogP contribution in [0.2, 0.25) is 0 Å². The predicted molar refractivity (Wildman–Crippen MR) is 88.7 cm³/mol. The number of hydrogen-bond donors (Lipinski definition) is 0. The maximum absolute atomic E-state index is 12.5. The van der Waals surface area contributed by atoms with Gasteiger partial charge in [0.1, 0.15) is 4.70 Å². The quantitative estimate of drug-likeness (QED) is 0.797. The lowest BCUT2D eigenvalue weighted by molar-refractivity contribution is -0.0384. The summed E-state index contributed by atoms with van der Waals surface area (Å²) >= 11 is 1.49. The van der Waals surface area contributed by atoms with E-state index in [1.54, 1.807) is 4.57 Å². The Morgan fingerprint density at radius 2 is 2.09 bits per heavy atom. The fourth-order valence-electron chi connectivity index (χ4n) is 2.86. The highest BCUT2D eigenvalue weighted by Crippen LogP contribution is 2.37. The Morgan fingerprint density at radius 3 is 2.73 bits per heavy atom. The average Bonchev–Trinajstić information content (AvgIpc) is 2.78. The highest BCUT2D eigenvalue weighted by molar-refractivity contribution is 7.19. The van der Waals surface area contributed by atoms with Crippen molar-refractivity contribution in [3.05, 3.63) is 43.4 Å². The third kappa shape index (κ3) is 2.27. The minimum atomic E-state index is -0.300. The normalized spacial score (nSPS) is 16.7. The van der Waals surface area contributed by atoms with Crippen molar-refractivity contribution in [1.29, 1.82) is 0 Å². The maximum Gasteiger partial charge on any atom is 0.331 e. The predicted octanol–water partition coefficient (Wildman–Crippen LogP) is 2.19. The molecule has 0 unspecified atom stereocenters. The van der Waals surface area contributed by atoms with E-state index in [0.717, 1.165) is 28.0 Å². The van der Waals surface area contributed by atoms with Gasteiger partial charge in [0.05, 0.1) is 17.7 Å². The molecule has 0 radical (unpaired) electrons. The van der Waals surface area contributed by atoms with E-state index in [0.29, 0.717) is 17.9 Å². The standard InChI is InChI=1S/C16H20N2O3S/c1-9(2)7-18-12-10-8-21-16(3,4)6-11(10)22-13(12)14(19)17(5)15(18)20/h1,6-8H2,2-5H3. The largest absolute Gasteiger partial charge is 0.370 e. The topological polar surface area (TPSA) is 53.2 Å². The summed E-state index contributed by atoms with van der Waals surface area (Å²) in [5.74, 6) is 0. The van der Waals surface area contributed by atoms with Crippen molar-refractivity contribution in [3.63, 3.8) is 0 Å². The Hall–Kier alpha value is -1.66. The van der Waals surface area contributed by atoms with Crippen molar-refractivity contribution in [1.82, 2.24) is 9.13 Å². The molecule has 0 saturated heterocycles. The van der Waals surface area contributed by atoms with Crippen LogP contribution in [-0.2, 0) is 31.4 Å². The van der Waals surface area contributed by atoms with Gasteiger partial charge in [0.2, 0.25) is 0 Å². The molecule has 0 bridgehead atoms. The van der Waals surface area contributed by atoms with Crippen molar-refractivity contribution in [3.8, 4) is 0 Å². The molecule has 0 N–H and O–H groups in total. The van der Waals surface area contributed by atoms with Gasteiger partial charge >= 0.3 is 5.69 Å². The Labute approximate surface area is 132 Å². The zero-order valence-corrected chi connectivity index (χ0v) is 14.2. The number of ether oxygens (including phenoxy) is 1. The highest BCUT2D eigenvalue weighted by Gasteiger charge is 2.31. The van der Waals surface area contributed by atoms with Crippen LogP contribution in [0.1, 0.15) is 31.2 Å². The molecule has 22 heavy (non-hydrogen) atoms. The molecule has 0 atom stereocenters. The average molecular weight is 320 g/mol. The molecule has 0 spiro atoms. The number of aromatic nitrogens is 2. The Morgan fingerprint density at radius 1 is 1.41 bits per heavy atom. The molecular formula is C16H20N2O3S. The Balaban J connectivity index is 2.39. The van der Waals surface area contributed by atoms with Gasteiger partial charge in [-0.25, -0.2) is 4.79 Å². The lowest BCUT2D eigenvalue weighted by Crippen LogP contribution is -2.38. The molecule has 118 valence electrons. The van der Waals surface area contributed by atoms with Gasteiger partial charge in [0, 0.05) is 30.5 Å². The first-order valence-electron chi connectivity index (χ1n) is 7.23. The van der Waals surface area contributed by atoms with Crippen molar-refractivity contribution < 1.29 is 4.74 Å². The third-order valence-electron chi connectivity index (χ3n) is 3.97.